The summed E-state index contributed by atoms with van der Waals surface area (Å²) in [5.41, 5.74) is 1.54. The first-order valence-electron chi connectivity index (χ1n) is 6.11. The van der Waals surface area contributed by atoms with E-state index in [1.807, 2.05) is 0 Å². The van der Waals surface area contributed by atoms with Crippen LogP contribution in [0.25, 0.3) is 11.1 Å². The summed E-state index contributed by atoms with van der Waals surface area (Å²) in [5, 5.41) is 9.36. The first-order valence-corrected chi connectivity index (χ1v) is 6.49. The zero-order chi connectivity index (χ0) is 15.6. The number of carbonyl (C=O) groups is 2. The van der Waals surface area contributed by atoms with E-state index in [1.165, 1.54) is 17.2 Å². The van der Waals surface area contributed by atoms with Gasteiger partial charge in [-0.15, -0.1) is 0 Å². The molecule has 1 amide bonds. The third-order valence-corrected chi connectivity index (χ3v) is 3.13. The maximum absolute atomic E-state index is 12.0. The molecule has 1 heterocycles. The Kier molecular flexibility index (Phi) is 4.23. The second-order valence-electron chi connectivity index (χ2n) is 4.64. The Bertz CT molecular complexity index is 714. The number of hydrogen-bond acceptors (Lipinski definition) is 3. The molecule has 0 spiro atoms. The molecule has 1 N–H and O–H groups in total. The molecule has 2 aromatic rings. The van der Waals surface area contributed by atoms with Gasteiger partial charge in [-0.2, -0.15) is 0 Å². The molecule has 0 aliphatic rings. The van der Waals surface area contributed by atoms with Gasteiger partial charge in [0.25, 0.3) is 5.91 Å². The molecule has 2 rings (SSSR count). The van der Waals surface area contributed by atoms with E-state index in [0.29, 0.717) is 16.7 Å². The molecule has 21 heavy (non-hydrogen) atoms. The molecule has 0 saturated heterocycles. The number of hydrogen-bond donors (Lipinski definition) is 1. The average molecular weight is 305 g/mol. The van der Waals surface area contributed by atoms with Crippen LogP contribution in [0.2, 0.25) is 5.15 Å². The van der Waals surface area contributed by atoms with E-state index < -0.39 is 5.97 Å². The number of carboxylic acid groups (broad SMARTS) is 1. The van der Waals surface area contributed by atoms with Crippen molar-refractivity contribution in [2.24, 2.45) is 0 Å². The molecule has 108 valence electrons. The van der Waals surface area contributed by atoms with Gasteiger partial charge in [-0.1, -0.05) is 23.7 Å². The van der Waals surface area contributed by atoms with E-state index >= 15 is 0 Å². The molecule has 0 fully saturated rings. The molecule has 0 unspecified atom stereocenters. The van der Waals surface area contributed by atoms with Crippen LogP contribution in [0, 0.1) is 0 Å². The average Bonchev–Trinajstić information content (AvgIpc) is 2.46. The van der Waals surface area contributed by atoms with Crippen LogP contribution in [0.4, 0.5) is 0 Å². The Morgan fingerprint density at radius 1 is 1.24 bits per heavy atom. The Morgan fingerprint density at radius 3 is 2.57 bits per heavy atom. The van der Waals surface area contributed by atoms with Gasteiger partial charge in [-0.3, -0.25) is 4.79 Å². The summed E-state index contributed by atoms with van der Waals surface area (Å²) in [5.74, 6) is -1.26. The van der Waals surface area contributed by atoms with Crippen molar-refractivity contribution in [3.63, 3.8) is 0 Å². The lowest BCUT2D eigenvalue weighted by Gasteiger charge is -2.12. The highest BCUT2D eigenvalue weighted by Gasteiger charge is 2.15. The molecule has 1 aromatic heterocycles. The number of amides is 1. The fourth-order valence-electron chi connectivity index (χ4n) is 1.91. The molecule has 0 saturated carbocycles. The number of pyridine rings is 1. The number of carboxylic acids is 1. The molecule has 0 aliphatic carbocycles. The van der Waals surface area contributed by atoms with Gasteiger partial charge in [0.15, 0.2) is 0 Å². The van der Waals surface area contributed by atoms with E-state index in [1.54, 1.807) is 38.4 Å². The number of aromatic carboxylic acids is 1. The zero-order valence-electron chi connectivity index (χ0n) is 11.5. The lowest BCUT2D eigenvalue weighted by molar-refractivity contribution is 0.0697. The fourth-order valence-corrected chi connectivity index (χ4v) is 2.07. The van der Waals surface area contributed by atoms with E-state index in [9.17, 15) is 14.7 Å². The summed E-state index contributed by atoms with van der Waals surface area (Å²) in [6.07, 6.45) is 1.39. The smallest absolute Gasteiger partial charge is 0.336 e. The maximum atomic E-state index is 12.0. The summed E-state index contributed by atoms with van der Waals surface area (Å²) in [6.45, 7) is 0. The Morgan fingerprint density at radius 2 is 1.95 bits per heavy atom. The van der Waals surface area contributed by atoms with Crippen LogP contribution >= 0.6 is 11.6 Å². The molecule has 5 nitrogen and oxygen atoms in total. The van der Waals surface area contributed by atoms with Gasteiger partial charge in [-0.25, -0.2) is 9.78 Å². The van der Waals surface area contributed by atoms with Gasteiger partial charge in [-0.05, 0) is 23.8 Å². The molecule has 0 bridgehead atoms. The second kappa shape index (κ2) is 5.93. The van der Waals surface area contributed by atoms with Crippen molar-refractivity contribution in [1.82, 2.24) is 9.88 Å². The van der Waals surface area contributed by atoms with Crippen molar-refractivity contribution >= 4 is 23.5 Å². The summed E-state index contributed by atoms with van der Waals surface area (Å²) in [6, 6.07) is 8.03. The van der Waals surface area contributed by atoms with Crippen molar-refractivity contribution in [1.29, 1.82) is 0 Å². The normalized spacial score (nSPS) is 10.2. The fraction of sp³-hybridized carbons (Fsp3) is 0.133. The Balaban J connectivity index is 2.55. The van der Waals surface area contributed by atoms with Crippen molar-refractivity contribution in [3.8, 4) is 11.1 Å². The molecule has 0 aliphatic heterocycles. The van der Waals surface area contributed by atoms with Gasteiger partial charge >= 0.3 is 5.97 Å². The summed E-state index contributed by atoms with van der Waals surface area (Å²) < 4.78 is 0. The molecule has 6 heteroatoms. The van der Waals surface area contributed by atoms with Crippen LogP contribution < -0.4 is 0 Å². The predicted octanol–water partition coefficient (Wildman–Crippen LogP) is 2.80. The molecule has 0 atom stereocenters. The van der Waals surface area contributed by atoms with Gasteiger partial charge in [0.2, 0.25) is 0 Å². The SMILES string of the molecule is CN(C)C(=O)c1cccc(-c2cnc(Cl)cc2C(=O)O)c1. The minimum atomic E-state index is -1.10. The lowest BCUT2D eigenvalue weighted by Crippen LogP contribution is -2.21. The van der Waals surface area contributed by atoms with Crippen molar-refractivity contribution < 1.29 is 14.7 Å². The summed E-state index contributed by atoms with van der Waals surface area (Å²) >= 11 is 5.74. The monoisotopic (exact) mass is 304 g/mol. The van der Waals surface area contributed by atoms with Gasteiger partial charge in [0.05, 0.1) is 5.56 Å². The van der Waals surface area contributed by atoms with E-state index in [-0.39, 0.29) is 16.6 Å². The number of rotatable bonds is 3. The topological polar surface area (TPSA) is 70.5 Å². The first-order chi connectivity index (χ1) is 9.90. The van der Waals surface area contributed by atoms with Crippen LogP contribution in [0.3, 0.4) is 0 Å². The second-order valence-corrected chi connectivity index (χ2v) is 5.03. The van der Waals surface area contributed by atoms with Gasteiger partial charge in [0, 0.05) is 31.4 Å². The van der Waals surface area contributed by atoms with E-state index in [0.717, 1.165) is 0 Å². The van der Waals surface area contributed by atoms with Crippen LogP contribution in [-0.2, 0) is 0 Å². The lowest BCUT2D eigenvalue weighted by atomic mass is 10.00. The standard InChI is InChI=1S/C15H13ClN2O3/c1-18(2)14(19)10-5-3-4-9(6-10)12-8-17-13(16)7-11(12)15(20)21/h3-8H,1-2H3,(H,20,21). The minimum Gasteiger partial charge on any atom is -0.478 e. The minimum absolute atomic E-state index is 0.0458. The Labute approximate surface area is 126 Å². The van der Waals surface area contributed by atoms with Crippen LogP contribution in [-0.4, -0.2) is 41.0 Å². The quantitative estimate of drug-likeness (QED) is 0.885. The molecular formula is C15H13ClN2O3. The largest absolute Gasteiger partial charge is 0.478 e. The number of benzene rings is 1. The molecule has 1 aromatic carbocycles. The van der Waals surface area contributed by atoms with Gasteiger partial charge in [0.1, 0.15) is 5.15 Å². The summed E-state index contributed by atoms with van der Waals surface area (Å²) in [4.78, 5) is 28.7. The van der Waals surface area contributed by atoms with E-state index in [4.69, 9.17) is 11.6 Å². The predicted molar refractivity (Wildman–Crippen MR) is 79.7 cm³/mol. The first kappa shape index (κ1) is 15.0. The molecule has 0 radical (unpaired) electrons. The van der Waals surface area contributed by atoms with Crippen LogP contribution in [0.1, 0.15) is 20.7 Å². The number of halogens is 1. The highest BCUT2D eigenvalue weighted by Crippen LogP contribution is 2.26. The third-order valence-electron chi connectivity index (χ3n) is 2.93. The van der Waals surface area contributed by atoms with Crippen LogP contribution in [0.5, 0.6) is 0 Å². The molecular weight excluding hydrogens is 292 g/mol. The number of aromatic nitrogens is 1. The van der Waals surface area contributed by atoms with Crippen molar-refractivity contribution in [2.45, 2.75) is 0 Å². The highest BCUT2D eigenvalue weighted by molar-refractivity contribution is 6.29. The Hall–Kier alpha value is -2.40. The number of carbonyl (C=O) groups excluding carboxylic acids is 1. The summed E-state index contributed by atoms with van der Waals surface area (Å²) in [7, 11) is 3.31. The zero-order valence-corrected chi connectivity index (χ0v) is 12.3. The third kappa shape index (κ3) is 3.20. The van der Waals surface area contributed by atoms with Crippen LogP contribution in [0.15, 0.2) is 36.5 Å². The van der Waals surface area contributed by atoms with E-state index in [2.05, 4.69) is 4.98 Å². The highest BCUT2D eigenvalue weighted by atomic mass is 35.5. The number of nitrogens with zero attached hydrogens (tertiary/aromatic N) is 2. The maximum Gasteiger partial charge on any atom is 0.336 e. The van der Waals surface area contributed by atoms with Gasteiger partial charge < -0.3 is 10.0 Å². The van der Waals surface area contributed by atoms with Crippen molar-refractivity contribution in [2.75, 3.05) is 14.1 Å². The van der Waals surface area contributed by atoms with Crippen molar-refractivity contribution in [3.05, 3.63) is 52.8 Å².